The van der Waals surface area contributed by atoms with Crippen molar-refractivity contribution in [3.8, 4) is 0 Å². The normalized spacial score (nSPS) is 20.6. The van der Waals surface area contributed by atoms with Crippen molar-refractivity contribution >= 4 is 29.3 Å². The van der Waals surface area contributed by atoms with Crippen molar-refractivity contribution in [1.82, 2.24) is 5.06 Å². The van der Waals surface area contributed by atoms with Crippen molar-refractivity contribution in [2.75, 3.05) is 21.3 Å². The predicted octanol–water partition coefficient (Wildman–Crippen LogP) is 3.15. The molecule has 8 heteroatoms. The number of benzene rings is 2. The number of hydroxylamine groups is 2. The molecule has 0 aliphatic carbocycles. The molecule has 0 saturated carbocycles. The van der Waals surface area contributed by atoms with Crippen molar-refractivity contribution in [2.24, 2.45) is 5.92 Å². The van der Waals surface area contributed by atoms with Gasteiger partial charge in [-0.25, -0.2) is 9.59 Å². The molecule has 2 aromatic carbocycles. The van der Waals surface area contributed by atoms with Crippen LogP contribution in [0.5, 0.6) is 0 Å². The van der Waals surface area contributed by atoms with Gasteiger partial charge in [0.25, 0.3) is 5.54 Å². The largest absolute Gasteiger partial charge is 0.467 e. The third kappa shape index (κ3) is 3.49. The minimum absolute atomic E-state index is 0.334. The molecule has 0 amide bonds. The maximum Gasteiger partial charge on any atom is 0.341 e. The van der Waals surface area contributed by atoms with Gasteiger partial charge >= 0.3 is 11.9 Å². The summed E-state index contributed by atoms with van der Waals surface area (Å²) in [5, 5.41) is 1.56. The molecule has 2 atom stereocenters. The Labute approximate surface area is 179 Å². The SMILES string of the molecule is COC(=O)C1(C(=O)OC)C(C(=O)c2ccc(C)cc2)C(c2ccc(Cl)cc2)ON1C. The Morgan fingerprint density at radius 3 is 2.00 bits per heavy atom. The number of rotatable bonds is 5. The molecule has 0 spiro atoms. The molecule has 1 heterocycles. The average molecular weight is 432 g/mol. The number of aryl methyl sites for hydroxylation is 1. The van der Waals surface area contributed by atoms with Crippen molar-refractivity contribution < 1.29 is 28.7 Å². The summed E-state index contributed by atoms with van der Waals surface area (Å²) in [5.74, 6) is -3.60. The molecular formula is C22H22ClNO6. The molecular weight excluding hydrogens is 410 g/mol. The number of hydrogen-bond acceptors (Lipinski definition) is 7. The minimum atomic E-state index is -2.12. The van der Waals surface area contributed by atoms with Crippen LogP contribution < -0.4 is 0 Å². The number of ketones is 1. The van der Waals surface area contributed by atoms with Gasteiger partial charge in [0, 0.05) is 17.6 Å². The van der Waals surface area contributed by atoms with E-state index in [9.17, 15) is 14.4 Å². The molecule has 2 unspecified atom stereocenters. The van der Waals surface area contributed by atoms with Crippen molar-refractivity contribution in [1.29, 1.82) is 0 Å². The Bertz CT molecular complexity index is 941. The Morgan fingerprint density at radius 1 is 0.967 bits per heavy atom. The number of esters is 2. The Kier molecular flexibility index (Phi) is 6.26. The standard InChI is InChI=1S/C22H22ClNO6/c1-13-5-7-14(8-6-13)18(25)17-19(15-9-11-16(23)12-10-15)30-24(2)22(17,20(26)28-3)21(27)29-4/h5-12,17,19H,1-4H3. The first-order chi connectivity index (χ1) is 14.3. The zero-order valence-electron chi connectivity index (χ0n) is 17.0. The monoisotopic (exact) mass is 431 g/mol. The first-order valence-electron chi connectivity index (χ1n) is 9.21. The second-order valence-electron chi connectivity index (χ2n) is 7.03. The molecule has 1 fully saturated rings. The molecule has 3 rings (SSSR count). The van der Waals surface area contributed by atoms with E-state index in [1.54, 1.807) is 48.5 Å². The lowest BCUT2D eigenvalue weighted by Crippen LogP contribution is -2.61. The number of halogens is 1. The minimum Gasteiger partial charge on any atom is -0.467 e. The van der Waals surface area contributed by atoms with Crippen LogP contribution in [-0.2, 0) is 23.9 Å². The lowest BCUT2D eigenvalue weighted by atomic mass is 9.74. The second kappa shape index (κ2) is 8.55. The van der Waals surface area contributed by atoms with Gasteiger partial charge in [0.1, 0.15) is 6.10 Å². The fraction of sp³-hybridized carbons (Fsp3) is 0.318. The van der Waals surface area contributed by atoms with E-state index in [0.717, 1.165) is 24.8 Å². The van der Waals surface area contributed by atoms with Gasteiger partial charge in [-0.15, -0.1) is 0 Å². The Hall–Kier alpha value is -2.74. The summed E-state index contributed by atoms with van der Waals surface area (Å²) in [4.78, 5) is 45.5. The summed E-state index contributed by atoms with van der Waals surface area (Å²) in [7, 11) is 3.69. The number of methoxy groups -OCH3 is 2. The van der Waals surface area contributed by atoms with Gasteiger partial charge in [-0.1, -0.05) is 53.6 Å². The molecule has 1 saturated heterocycles. The van der Waals surface area contributed by atoms with E-state index in [4.69, 9.17) is 25.9 Å². The van der Waals surface area contributed by atoms with Gasteiger partial charge in [-0.2, -0.15) is 5.06 Å². The van der Waals surface area contributed by atoms with Gasteiger partial charge in [0.05, 0.1) is 20.1 Å². The van der Waals surface area contributed by atoms with Gasteiger partial charge in [0.15, 0.2) is 5.78 Å². The first kappa shape index (κ1) is 22.0. The van der Waals surface area contributed by atoms with Gasteiger partial charge in [0.2, 0.25) is 0 Å². The molecule has 0 aromatic heterocycles. The quantitative estimate of drug-likeness (QED) is 0.408. The van der Waals surface area contributed by atoms with Crippen LogP contribution in [-0.4, -0.2) is 49.6 Å². The van der Waals surface area contributed by atoms with E-state index >= 15 is 0 Å². The summed E-state index contributed by atoms with van der Waals surface area (Å²) < 4.78 is 9.87. The van der Waals surface area contributed by atoms with Crippen molar-refractivity contribution in [2.45, 2.75) is 18.6 Å². The van der Waals surface area contributed by atoms with Crippen LogP contribution in [0.15, 0.2) is 48.5 Å². The van der Waals surface area contributed by atoms with E-state index in [1.165, 1.54) is 7.05 Å². The number of Topliss-reactive ketones (excluding diaryl/α,β-unsaturated/α-hetero) is 1. The predicted molar refractivity (Wildman–Crippen MR) is 109 cm³/mol. The third-order valence-electron chi connectivity index (χ3n) is 5.33. The van der Waals surface area contributed by atoms with E-state index in [2.05, 4.69) is 0 Å². The second-order valence-corrected chi connectivity index (χ2v) is 7.47. The molecule has 0 bridgehead atoms. The van der Waals surface area contributed by atoms with Crippen LogP contribution in [0.4, 0.5) is 0 Å². The number of likely N-dealkylation sites (N-methyl/N-ethyl adjacent to an activating group) is 1. The maximum atomic E-state index is 13.7. The van der Waals surface area contributed by atoms with Crippen LogP contribution in [0, 0.1) is 12.8 Å². The zero-order valence-corrected chi connectivity index (χ0v) is 17.8. The molecule has 2 aromatic rings. The van der Waals surface area contributed by atoms with E-state index in [0.29, 0.717) is 16.1 Å². The molecule has 7 nitrogen and oxygen atoms in total. The summed E-state index contributed by atoms with van der Waals surface area (Å²) in [6.07, 6.45) is -0.945. The Morgan fingerprint density at radius 2 is 1.50 bits per heavy atom. The summed E-state index contributed by atoms with van der Waals surface area (Å²) in [6.45, 7) is 1.89. The van der Waals surface area contributed by atoms with E-state index < -0.39 is 35.3 Å². The van der Waals surface area contributed by atoms with E-state index in [1.807, 2.05) is 6.92 Å². The molecule has 1 aliphatic heterocycles. The number of hydrogen-bond donors (Lipinski definition) is 0. The fourth-order valence-corrected chi connectivity index (χ4v) is 3.89. The molecule has 30 heavy (non-hydrogen) atoms. The maximum absolute atomic E-state index is 13.7. The molecule has 0 radical (unpaired) electrons. The summed E-state index contributed by atoms with van der Waals surface area (Å²) in [5.41, 5.74) is -0.240. The highest BCUT2D eigenvalue weighted by Gasteiger charge is 2.68. The topological polar surface area (TPSA) is 82.1 Å². The lowest BCUT2D eigenvalue weighted by molar-refractivity contribution is -0.203. The molecule has 0 N–H and O–H groups in total. The number of nitrogens with zero attached hydrogens (tertiary/aromatic N) is 1. The zero-order chi connectivity index (χ0) is 22.1. The highest BCUT2D eigenvalue weighted by Crippen LogP contribution is 2.47. The first-order valence-corrected chi connectivity index (χ1v) is 9.59. The number of ether oxygens (including phenoxy) is 2. The summed E-state index contributed by atoms with van der Waals surface area (Å²) in [6, 6.07) is 13.5. The highest BCUT2D eigenvalue weighted by molar-refractivity contribution is 6.30. The van der Waals surface area contributed by atoms with Gasteiger partial charge in [-0.05, 0) is 24.6 Å². The fourth-order valence-electron chi connectivity index (χ4n) is 3.77. The van der Waals surface area contributed by atoms with Crippen LogP contribution in [0.2, 0.25) is 5.02 Å². The highest BCUT2D eigenvalue weighted by atomic mass is 35.5. The molecule has 1 aliphatic rings. The van der Waals surface area contributed by atoms with Gasteiger partial charge < -0.3 is 9.47 Å². The number of carbonyl (C=O) groups is 3. The van der Waals surface area contributed by atoms with Crippen LogP contribution in [0.1, 0.15) is 27.6 Å². The Balaban J connectivity index is 2.22. The van der Waals surface area contributed by atoms with Crippen LogP contribution in [0.25, 0.3) is 0 Å². The van der Waals surface area contributed by atoms with Crippen molar-refractivity contribution in [3.05, 3.63) is 70.2 Å². The molecule has 158 valence electrons. The van der Waals surface area contributed by atoms with Crippen molar-refractivity contribution in [3.63, 3.8) is 0 Å². The average Bonchev–Trinajstić information content (AvgIpc) is 3.06. The van der Waals surface area contributed by atoms with Crippen LogP contribution in [0.3, 0.4) is 0 Å². The smallest absolute Gasteiger partial charge is 0.341 e. The summed E-state index contributed by atoms with van der Waals surface area (Å²) >= 11 is 5.99. The van der Waals surface area contributed by atoms with Gasteiger partial charge in [-0.3, -0.25) is 9.63 Å². The lowest BCUT2D eigenvalue weighted by Gasteiger charge is -2.32. The third-order valence-corrected chi connectivity index (χ3v) is 5.58. The number of carbonyl (C=O) groups excluding carboxylic acids is 3. The van der Waals surface area contributed by atoms with Crippen LogP contribution >= 0.6 is 11.6 Å². The van der Waals surface area contributed by atoms with E-state index in [-0.39, 0.29) is 0 Å².